The second-order valence-electron chi connectivity index (χ2n) is 6.63. The van der Waals surface area contributed by atoms with Gasteiger partial charge in [-0.3, -0.25) is 9.59 Å². The highest BCUT2D eigenvalue weighted by Gasteiger charge is 2.31. The van der Waals surface area contributed by atoms with Crippen molar-refractivity contribution in [1.29, 1.82) is 0 Å². The molecule has 27 heavy (non-hydrogen) atoms. The second-order valence-corrected chi connectivity index (χ2v) is 6.63. The zero-order valence-electron chi connectivity index (χ0n) is 15.0. The molecule has 0 fully saturated rings. The van der Waals surface area contributed by atoms with E-state index in [2.05, 4.69) is 5.32 Å². The Bertz CT molecular complexity index is 992. The van der Waals surface area contributed by atoms with E-state index < -0.39 is 12.0 Å². The number of hydrogen-bond donors (Lipinski definition) is 1. The Hall–Kier alpha value is -3.34. The van der Waals surface area contributed by atoms with Crippen LogP contribution in [0.5, 0.6) is 0 Å². The summed E-state index contributed by atoms with van der Waals surface area (Å²) in [6.07, 6.45) is -0.0187. The van der Waals surface area contributed by atoms with Crippen LogP contribution in [0.1, 0.15) is 23.7 Å². The standard InChI is InChI=1S/C22H20N2O3/c1-15-11-12-19-17-9-5-6-10-18(17)23-22(26)20(24(15)19)13-21(25)27-14-16-7-3-2-4-8-16/h2-12,20H,13-14H2,1H3,(H,23,26)/t20-/m0/s1. The van der Waals surface area contributed by atoms with Crippen molar-refractivity contribution >= 4 is 17.6 Å². The summed E-state index contributed by atoms with van der Waals surface area (Å²) in [6, 6.07) is 20.5. The number of aromatic nitrogens is 1. The van der Waals surface area contributed by atoms with Gasteiger partial charge in [0, 0.05) is 11.3 Å². The normalized spacial score (nSPS) is 15.3. The van der Waals surface area contributed by atoms with Gasteiger partial charge >= 0.3 is 5.97 Å². The largest absolute Gasteiger partial charge is 0.461 e. The fraction of sp³-hybridized carbons (Fsp3) is 0.182. The molecular weight excluding hydrogens is 340 g/mol. The third kappa shape index (κ3) is 3.36. The average Bonchev–Trinajstić information content (AvgIpc) is 3.01. The van der Waals surface area contributed by atoms with Crippen molar-refractivity contribution in [2.24, 2.45) is 0 Å². The number of anilines is 1. The third-order valence-corrected chi connectivity index (χ3v) is 4.80. The number of benzene rings is 2. The zero-order chi connectivity index (χ0) is 18.8. The molecule has 0 aliphatic carbocycles. The summed E-state index contributed by atoms with van der Waals surface area (Å²) in [6.45, 7) is 2.14. The maximum atomic E-state index is 12.9. The number of para-hydroxylation sites is 1. The molecule has 1 N–H and O–H groups in total. The summed E-state index contributed by atoms with van der Waals surface area (Å²) in [5.74, 6) is -0.610. The molecule has 0 saturated heterocycles. The number of carbonyl (C=O) groups is 2. The molecule has 1 atom stereocenters. The Morgan fingerprint density at radius 2 is 1.78 bits per heavy atom. The van der Waals surface area contributed by atoms with Crippen LogP contribution in [0.3, 0.4) is 0 Å². The number of carbonyl (C=O) groups excluding carboxylic acids is 2. The summed E-state index contributed by atoms with van der Waals surface area (Å²) < 4.78 is 7.32. The Balaban J connectivity index is 1.58. The van der Waals surface area contributed by atoms with E-state index in [1.165, 1.54) is 0 Å². The molecule has 1 aliphatic heterocycles. The van der Waals surface area contributed by atoms with Crippen molar-refractivity contribution in [2.45, 2.75) is 26.0 Å². The van der Waals surface area contributed by atoms with E-state index in [9.17, 15) is 9.59 Å². The Morgan fingerprint density at radius 3 is 2.59 bits per heavy atom. The lowest BCUT2D eigenvalue weighted by Crippen LogP contribution is -2.28. The van der Waals surface area contributed by atoms with Crippen LogP contribution in [0.25, 0.3) is 11.3 Å². The first kappa shape index (κ1) is 17.1. The monoisotopic (exact) mass is 360 g/mol. The Kier molecular flexibility index (Phi) is 4.50. The average molecular weight is 360 g/mol. The highest BCUT2D eigenvalue weighted by molar-refractivity contribution is 6.01. The van der Waals surface area contributed by atoms with E-state index in [1.54, 1.807) is 0 Å². The lowest BCUT2D eigenvalue weighted by Gasteiger charge is -2.19. The number of nitrogens with zero attached hydrogens (tertiary/aromatic N) is 1. The maximum Gasteiger partial charge on any atom is 0.308 e. The van der Waals surface area contributed by atoms with E-state index in [0.717, 1.165) is 28.2 Å². The minimum atomic E-state index is -0.648. The minimum absolute atomic E-state index is 0.0187. The summed E-state index contributed by atoms with van der Waals surface area (Å²) >= 11 is 0. The summed E-state index contributed by atoms with van der Waals surface area (Å²) in [5.41, 5.74) is 4.46. The van der Waals surface area contributed by atoms with Gasteiger partial charge in [0.25, 0.3) is 0 Å². The van der Waals surface area contributed by atoms with Crippen LogP contribution >= 0.6 is 0 Å². The van der Waals surface area contributed by atoms with E-state index in [-0.39, 0.29) is 18.9 Å². The topological polar surface area (TPSA) is 60.3 Å². The van der Waals surface area contributed by atoms with Gasteiger partial charge in [-0.15, -0.1) is 0 Å². The number of amides is 1. The molecule has 0 unspecified atom stereocenters. The number of nitrogens with one attached hydrogen (secondary N) is 1. The molecule has 2 aromatic carbocycles. The molecule has 1 aliphatic rings. The minimum Gasteiger partial charge on any atom is -0.461 e. The molecule has 5 nitrogen and oxygen atoms in total. The number of rotatable bonds is 4. The fourth-order valence-electron chi connectivity index (χ4n) is 3.47. The van der Waals surface area contributed by atoms with Gasteiger partial charge in [0.2, 0.25) is 5.91 Å². The summed E-state index contributed by atoms with van der Waals surface area (Å²) in [4.78, 5) is 25.3. The predicted molar refractivity (Wildman–Crippen MR) is 103 cm³/mol. The zero-order valence-corrected chi connectivity index (χ0v) is 15.0. The van der Waals surface area contributed by atoms with Crippen LogP contribution < -0.4 is 5.32 Å². The predicted octanol–water partition coefficient (Wildman–Crippen LogP) is 4.09. The second kappa shape index (κ2) is 7.11. The van der Waals surface area contributed by atoms with Gasteiger partial charge in [-0.25, -0.2) is 0 Å². The molecule has 2 heterocycles. The van der Waals surface area contributed by atoms with Gasteiger partial charge in [-0.1, -0.05) is 48.5 Å². The van der Waals surface area contributed by atoms with E-state index >= 15 is 0 Å². The molecule has 136 valence electrons. The van der Waals surface area contributed by atoms with Crippen LogP contribution in [0.4, 0.5) is 5.69 Å². The Labute approximate surface area is 157 Å². The van der Waals surface area contributed by atoms with E-state index in [0.29, 0.717) is 0 Å². The molecule has 0 bridgehead atoms. The number of esters is 1. The highest BCUT2D eigenvalue weighted by atomic mass is 16.5. The van der Waals surface area contributed by atoms with Crippen LogP contribution in [-0.2, 0) is 20.9 Å². The summed E-state index contributed by atoms with van der Waals surface area (Å²) in [5, 5.41) is 2.94. The van der Waals surface area contributed by atoms with E-state index in [4.69, 9.17) is 4.74 Å². The van der Waals surface area contributed by atoms with Gasteiger partial charge in [0.1, 0.15) is 12.6 Å². The number of ether oxygens (including phenoxy) is 1. The van der Waals surface area contributed by atoms with Gasteiger partial charge in [0.15, 0.2) is 0 Å². The first-order valence-electron chi connectivity index (χ1n) is 8.91. The molecular formula is C22H20N2O3. The van der Waals surface area contributed by atoms with Gasteiger partial charge < -0.3 is 14.6 Å². The van der Waals surface area contributed by atoms with Crippen molar-refractivity contribution in [3.63, 3.8) is 0 Å². The molecule has 3 aromatic rings. The Morgan fingerprint density at radius 1 is 1.04 bits per heavy atom. The molecule has 5 heteroatoms. The molecule has 0 saturated carbocycles. The summed E-state index contributed by atoms with van der Waals surface area (Å²) in [7, 11) is 0. The quantitative estimate of drug-likeness (QED) is 0.713. The van der Waals surface area contributed by atoms with Crippen LogP contribution in [-0.4, -0.2) is 16.4 Å². The first-order chi connectivity index (χ1) is 13.1. The van der Waals surface area contributed by atoms with Crippen molar-refractivity contribution in [3.8, 4) is 11.3 Å². The van der Waals surface area contributed by atoms with Crippen LogP contribution in [0, 0.1) is 6.92 Å². The lowest BCUT2D eigenvalue weighted by atomic mass is 10.1. The molecule has 0 spiro atoms. The van der Waals surface area contributed by atoms with Gasteiger partial charge in [0.05, 0.1) is 17.8 Å². The fourth-order valence-corrected chi connectivity index (χ4v) is 3.47. The lowest BCUT2D eigenvalue weighted by molar-refractivity contribution is -0.147. The number of fused-ring (bicyclic) bond motifs is 3. The highest BCUT2D eigenvalue weighted by Crippen LogP contribution is 2.36. The van der Waals surface area contributed by atoms with Crippen LogP contribution in [0.2, 0.25) is 0 Å². The molecule has 4 rings (SSSR count). The molecule has 1 aromatic heterocycles. The van der Waals surface area contributed by atoms with E-state index in [1.807, 2.05) is 78.2 Å². The first-order valence-corrected chi connectivity index (χ1v) is 8.91. The van der Waals surface area contributed by atoms with Crippen molar-refractivity contribution in [3.05, 3.63) is 78.0 Å². The molecule has 1 amide bonds. The maximum absolute atomic E-state index is 12.9. The van der Waals surface area contributed by atoms with Gasteiger partial charge in [-0.05, 0) is 30.7 Å². The third-order valence-electron chi connectivity index (χ3n) is 4.80. The SMILES string of the molecule is Cc1ccc2n1[C@@H](CC(=O)OCc1ccccc1)C(=O)Nc1ccccc1-2. The van der Waals surface area contributed by atoms with Gasteiger partial charge in [-0.2, -0.15) is 0 Å². The smallest absolute Gasteiger partial charge is 0.308 e. The van der Waals surface area contributed by atoms with Crippen molar-refractivity contribution < 1.29 is 14.3 Å². The van der Waals surface area contributed by atoms with Crippen LogP contribution in [0.15, 0.2) is 66.7 Å². The number of hydrogen-bond acceptors (Lipinski definition) is 3. The van der Waals surface area contributed by atoms with Crippen molar-refractivity contribution in [2.75, 3.05) is 5.32 Å². The number of aryl methyl sites for hydroxylation is 1. The van der Waals surface area contributed by atoms with Crippen molar-refractivity contribution in [1.82, 2.24) is 4.57 Å². The molecule has 0 radical (unpaired) electrons.